The van der Waals surface area contributed by atoms with Crippen LogP contribution in [0.4, 0.5) is 10.1 Å². The topological polar surface area (TPSA) is 89.0 Å². The van der Waals surface area contributed by atoms with Gasteiger partial charge in [-0.25, -0.2) is 9.82 Å². The number of carbonyl (C=O) groups is 2. The van der Waals surface area contributed by atoms with Crippen molar-refractivity contribution >= 4 is 46.3 Å². The zero-order chi connectivity index (χ0) is 24.5. The first kappa shape index (κ1) is 25.2. The van der Waals surface area contributed by atoms with Gasteiger partial charge in [0.05, 0.1) is 16.4 Å². The lowest BCUT2D eigenvalue weighted by molar-refractivity contribution is -0.118. The second-order valence-corrected chi connectivity index (χ2v) is 8.33. The summed E-state index contributed by atoms with van der Waals surface area (Å²) < 4.78 is 25.1. The van der Waals surface area contributed by atoms with Crippen molar-refractivity contribution in [1.82, 2.24) is 5.43 Å². The predicted octanol–water partition coefficient (Wildman–Crippen LogP) is 4.92. The Labute approximate surface area is 210 Å². The van der Waals surface area contributed by atoms with E-state index < -0.39 is 5.91 Å². The molecule has 0 saturated heterocycles. The van der Waals surface area contributed by atoms with Crippen LogP contribution in [0.25, 0.3) is 0 Å². The minimum absolute atomic E-state index is 0.256. The minimum atomic E-state index is -0.394. The summed E-state index contributed by atoms with van der Waals surface area (Å²) in [6, 6.07) is 16.1. The van der Waals surface area contributed by atoms with Gasteiger partial charge in [-0.3, -0.25) is 9.59 Å². The van der Waals surface area contributed by atoms with Crippen LogP contribution in [0.15, 0.2) is 65.8 Å². The predicted molar refractivity (Wildman–Crippen MR) is 137 cm³/mol. The van der Waals surface area contributed by atoms with Crippen molar-refractivity contribution in [2.24, 2.45) is 5.10 Å². The molecule has 34 heavy (non-hydrogen) atoms. The molecule has 7 nitrogen and oxygen atoms in total. The van der Waals surface area contributed by atoms with Gasteiger partial charge < -0.3 is 14.8 Å². The first-order valence-electron chi connectivity index (χ1n) is 10.4. The molecule has 0 bridgehead atoms. The van der Waals surface area contributed by atoms with E-state index in [1.807, 2.05) is 26.0 Å². The van der Waals surface area contributed by atoms with Gasteiger partial charge in [0.1, 0.15) is 5.82 Å². The van der Waals surface area contributed by atoms with Gasteiger partial charge in [0.15, 0.2) is 18.1 Å². The van der Waals surface area contributed by atoms with Gasteiger partial charge in [-0.05, 0) is 90.5 Å². The lowest BCUT2D eigenvalue weighted by atomic mass is 10.1. The molecule has 3 aromatic rings. The molecular formula is C25H23FIN3O4. The summed E-state index contributed by atoms with van der Waals surface area (Å²) in [7, 11) is 0. The molecule has 0 aliphatic rings. The summed E-state index contributed by atoms with van der Waals surface area (Å²) in [5.74, 6) is -0.242. The van der Waals surface area contributed by atoms with Gasteiger partial charge in [0.2, 0.25) is 0 Å². The highest BCUT2D eigenvalue weighted by Crippen LogP contribution is 2.34. The van der Waals surface area contributed by atoms with Crippen LogP contribution in [0, 0.1) is 16.3 Å². The van der Waals surface area contributed by atoms with Crippen LogP contribution < -0.4 is 20.2 Å². The SMILES string of the molecule is CCOc1cc(/C=N/NC(=O)c2ccc(C)cc2)cc(I)c1OCC(=O)Nc1ccc(F)cc1. The van der Waals surface area contributed by atoms with Gasteiger partial charge in [-0.2, -0.15) is 5.10 Å². The zero-order valence-corrected chi connectivity index (χ0v) is 20.8. The van der Waals surface area contributed by atoms with E-state index in [9.17, 15) is 14.0 Å². The fraction of sp³-hybridized carbons (Fsp3) is 0.160. The van der Waals surface area contributed by atoms with E-state index in [1.165, 1.54) is 30.5 Å². The number of ether oxygens (including phenoxy) is 2. The molecule has 2 N–H and O–H groups in total. The number of nitrogens with zero attached hydrogens (tertiary/aromatic N) is 1. The van der Waals surface area contributed by atoms with E-state index in [2.05, 4.69) is 38.4 Å². The van der Waals surface area contributed by atoms with Crippen molar-refractivity contribution in [1.29, 1.82) is 0 Å². The largest absolute Gasteiger partial charge is 0.490 e. The van der Waals surface area contributed by atoms with Crippen LogP contribution in [0.2, 0.25) is 0 Å². The number of aryl methyl sites for hydroxylation is 1. The van der Waals surface area contributed by atoms with Crippen molar-refractivity contribution in [2.75, 3.05) is 18.5 Å². The number of carbonyl (C=O) groups excluding carboxylic acids is 2. The molecule has 0 atom stereocenters. The zero-order valence-electron chi connectivity index (χ0n) is 18.6. The van der Waals surface area contributed by atoms with E-state index in [-0.39, 0.29) is 18.3 Å². The second kappa shape index (κ2) is 12.1. The summed E-state index contributed by atoms with van der Waals surface area (Å²) in [6.45, 7) is 3.91. The highest BCUT2D eigenvalue weighted by molar-refractivity contribution is 14.1. The summed E-state index contributed by atoms with van der Waals surface area (Å²) in [6.07, 6.45) is 1.50. The maximum absolute atomic E-state index is 13.0. The van der Waals surface area contributed by atoms with E-state index in [1.54, 1.807) is 24.3 Å². The summed E-state index contributed by atoms with van der Waals surface area (Å²) in [5.41, 5.74) is 5.22. The number of rotatable bonds is 9. The van der Waals surface area contributed by atoms with Crippen LogP contribution in [-0.4, -0.2) is 31.2 Å². The lowest BCUT2D eigenvalue weighted by Gasteiger charge is -2.14. The van der Waals surface area contributed by atoms with Crippen molar-refractivity contribution < 1.29 is 23.5 Å². The van der Waals surface area contributed by atoms with Crippen LogP contribution in [0.5, 0.6) is 11.5 Å². The molecule has 0 aliphatic heterocycles. The first-order valence-corrected chi connectivity index (χ1v) is 11.5. The third-order valence-electron chi connectivity index (χ3n) is 4.50. The molecule has 2 amide bonds. The van der Waals surface area contributed by atoms with Crippen molar-refractivity contribution in [3.05, 3.63) is 86.7 Å². The average molecular weight is 575 g/mol. The summed E-state index contributed by atoms with van der Waals surface area (Å²) in [5, 5.41) is 6.67. The van der Waals surface area contributed by atoms with E-state index >= 15 is 0 Å². The summed E-state index contributed by atoms with van der Waals surface area (Å²) >= 11 is 2.08. The molecule has 0 fully saturated rings. The highest BCUT2D eigenvalue weighted by Gasteiger charge is 2.14. The Morgan fingerprint density at radius 1 is 1.06 bits per heavy atom. The molecule has 0 spiro atoms. The Hall–Kier alpha value is -3.47. The van der Waals surface area contributed by atoms with Gasteiger partial charge in [-0.15, -0.1) is 0 Å². The first-order chi connectivity index (χ1) is 16.4. The number of anilines is 1. The Kier molecular flexibility index (Phi) is 8.97. The van der Waals surface area contributed by atoms with Gasteiger partial charge in [0, 0.05) is 11.3 Å². The van der Waals surface area contributed by atoms with Crippen molar-refractivity contribution in [3.63, 3.8) is 0 Å². The fourth-order valence-electron chi connectivity index (χ4n) is 2.87. The smallest absolute Gasteiger partial charge is 0.271 e. The number of amides is 2. The Morgan fingerprint density at radius 3 is 2.44 bits per heavy atom. The van der Waals surface area contributed by atoms with Crippen LogP contribution >= 0.6 is 22.6 Å². The second-order valence-electron chi connectivity index (χ2n) is 7.17. The van der Waals surface area contributed by atoms with Crippen LogP contribution in [0.3, 0.4) is 0 Å². The Bertz CT molecular complexity index is 1180. The molecule has 176 valence electrons. The van der Waals surface area contributed by atoms with Crippen molar-refractivity contribution in [3.8, 4) is 11.5 Å². The molecule has 0 aromatic heterocycles. The third-order valence-corrected chi connectivity index (χ3v) is 5.30. The molecule has 0 aliphatic carbocycles. The Morgan fingerprint density at radius 2 is 1.76 bits per heavy atom. The maximum atomic E-state index is 13.0. The molecule has 0 unspecified atom stereocenters. The number of hydrazone groups is 1. The molecule has 0 heterocycles. The normalized spacial score (nSPS) is 10.7. The molecule has 3 rings (SSSR count). The molecule has 0 saturated carbocycles. The molecular weight excluding hydrogens is 552 g/mol. The van der Waals surface area contributed by atoms with Crippen molar-refractivity contribution in [2.45, 2.75) is 13.8 Å². The van der Waals surface area contributed by atoms with Gasteiger partial charge in [0.25, 0.3) is 11.8 Å². The maximum Gasteiger partial charge on any atom is 0.271 e. The average Bonchev–Trinajstić information content (AvgIpc) is 2.80. The number of hydrogen-bond acceptors (Lipinski definition) is 5. The van der Waals surface area contributed by atoms with Crippen LogP contribution in [0.1, 0.15) is 28.4 Å². The van der Waals surface area contributed by atoms with Crippen LogP contribution in [-0.2, 0) is 4.79 Å². The highest BCUT2D eigenvalue weighted by atomic mass is 127. The van der Waals surface area contributed by atoms with Gasteiger partial charge in [-0.1, -0.05) is 17.7 Å². The molecule has 9 heteroatoms. The molecule has 0 radical (unpaired) electrons. The number of benzene rings is 3. The van der Waals surface area contributed by atoms with E-state index in [0.29, 0.717) is 38.5 Å². The number of hydrogen-bond donors (Lipinski definition) is 2. The quantitative estimate of drug-likeness (QED) is 0.216. The monoisotopic (exact) mass is 575 g/mol. The van der Waals surface area contributed by atoms with E-state index in [0.717, 1.165) is 5.56 Å². The van der Waals surface area contributed by atoms with Gasteiger partial charge >= 0.3 is 0 Å². The minimum Gasteiger partial charge on any atom is -0.490 e. The molecule has 3 aromatic carbocycles. The fourth-order valence-corrected chi connectivity index (χ4v) is 3.65. The number of halogens is 2. The Balaban J connectivity index is 1.65. The standard InChI is InChI=1S/C25H23FIN3O4/c1-3-33-22-13-17(14-28-30-25(32)18-6-4-16(2)5-7-18)12-21(27)24(22)34-15-23(31)29-20-10-8-19(26)9-11-20/h4-14H,3,15H2,1-2H3,(H,29,31)(H,30,32)/b28-14+. The van der Waals surface area contributed by atoms with E-state index in [4.69, 9.17) is 9.47 Å². The number of nitrogens with one attached hydrogen (secondary N) is 2. The summed E-state index contributed by atoms with van der Waals surface area (Å²) in [4.78, 5) is 24.4. The lowest BCUT2D eigenvalue weighted by Crippen LogP contribution is -2.20. The third kappa shape index (κ3) is 7.27.